The lowest BCUT2D eigenvalue weighted by Crippen LogP contribution is -2.41. The van der Waals surface area contributed by atoms with Crippen molar-refractivity contribution in [2.24, 2.45) is 0 Å². The lowest BCUT2D eigenvalue weighted by molar-refractivity contribution is -0.117. The molecular formula is C19H30N2O2S. The highest BCUT2D eigenvalue weighted by Crippen LogP contribution is 2.27. The van der Waals surface area contributed by atoms with Crippen LogP contribution in [0.5, 0.6) is 0 Å². The van der Waals surface area contributed by atoms with Crippen molar-refractivity contribution >= 4 is 17.5 Å². The van der Waals surface area contributed by atoms with E-state index < -0.39 is 0 Å². The predicted octanol–water partition coefficient (Wildman–Crippen LogP) is 3.42. The Bertz CT molecular complexity index is 529. The van der Waals surface area contributed by atoms with Crippen LogP contribution in [0.25, 0.3) is 0 Å². The van der Waals surface area contributed by atoms with Crippen LogP contribution in [0, 0.1) is 0 Å². The van der Waals surface area contributed by atoms with E-state index in [4.69, 9.17) is 4.74 Å². The van der Waals surface area contributed by atoms with Crippen LogP contribution in [0.15, 0.2) is 35.1 Å². The predicted molar refractivity (Wildman–Crippen MR) is 102 cm³/mol. The van der Waals surface area contributed by atoms with E-state index in [-0.39, 0.29) is 11.0 Å². The van der Waals surface area contributed by atoms with Crippen molar-refractivity contribution in [3.63, 3.8) is 0 Å². The summed E-state index contributed by atoms with van der Waals surface area (Å²) in [6.45, 7) is 14.4. The quantitative estimate of drug-likeness (QED) is 0.670. The van der Waals surface area contributed by atoms with Gasteiger partial charge < -0.3 is 9.64 Å². The molecule has 1 atom stereocenters. The Morgan fingerprint density at radius 3 is 2.54 bits per heavy atom. The molecule has 0 saturated carbocycles. The van der Waals surface area contributed by atoms with Crippen molar-refractivity contribution in [1.29, 1.82) is 0 Å². The van der Waals surface area contributed by atoms with Crippen molar-refractivity contribution in [3.8, 4) is 0 Å². The topological polar surface area (TPSA) is 32.8 Å². The number of allylic oxidation sites excluding steroid dienone is 1. The molecular weight excluding hydrogens is 320 g/mol. The fraction of sp³-hybridized carbons (Fsp3) is 0.632. The molecule has 2 aliphatic heterocycles. The molecule has 0 N–H and O–H groups in total. The molecule has 0 radical (unpaired) electrons. The molecule has 0 aromatic carbocycles. The van der Waals surface area contributed by atoms with Gasteiger partial charge in [-0.3, -0.25) is 9.69 Å². The highest BCUT2D eigenvalue weighted by Gasteiger charge is 2.25. The Balaban J connectivity index is 1.74. The van der Waals surface area contributed by atoms with Gasteiger partial charge in [-0.2, -0.15) is 0 Å². The van der Waals surface area contributed by atoms with Gasteiger partial charge in [0.25, 0.3) is 0 Å². The van der Waals surface area contributed by atoms with E-state index in [2.05, 4.69) is 55.8 Å². The number of rotatable bonds is 8. The number of carbonyl (C=O) groups excluding carboxylic acids is 1. The first-order chi connectivity index (χ1) is 11.4. The van der Waals surface area contributed by atoms with Gasteiger partial charge >= 0.3 is 0 Å². The number of hydrogen-bond acceptors (Lipinski definition) is 5. The second kappa shape index (κ2) is 8.77. The molecule has 0 saturated heterocycles. The second-order valence-electron chi connectivity index (χ2n) is 6.93. The van der Waals surface area contributed by atoms with Crippen molar-refractivity contribution in [3.05, 3.63) is 35.1 Å². The lowest BCUT2D eigenvalue weighted by atomic mass is 10.2. The zero-order chi connectivity index (χ0) is 17.7. The van der Waals surface area contributed by atoms with E-state index in [0.717, 1.165) is 25.2 Å². The van der Waals surface area contributed by atoms with E-state index in [1.54, 1.807) is 0 Å². The van der Waals surface area contributed by atoms with Gasteiger partial charge in [0.15, 0.2) is 5.76 Å². The molecule has 2 aliphatic rings. The molecule has 4 nitrogen and oxygen atoms in total. The summed E-state index contributed by atoms with van der Waals surface area (Å²) in [7, 11) is 0. The molecule has 0 aromatic rings. The Labute approximate surface area is 150 Å². The number of thioether (sulfide) groups is 1. The maximum atomic E-state index is 11.8. The van der Waals surface area contributed by atoms with Crippen LogP contribution < -0.4 is 0 Å². The lowest BCUT2D eigenvalue weighted by Gasteiger charge is -2.33. The summed E-state index contributed by atoms with van der Waals surface area (Å²) in [6.07, 6.45) is 6.42. The van der Waals surface area contributed by atoms with Crippen molar-refractivity contribution in [1.82, 2.24) is 9.80 Å². The number of nitrogens with zero attached hydrogens (tertiary/aromatic N) is 2. The third kappa shape index (κ3) is 5.15. The SMILES string of the molecule is CC1SC=C(OCC2=CCN(CCN(C(C)C)C(C)C)C=C2)C1=O. The third-order valence-corrected chi connectivity index (χ3v) is 5.42. The average molecular weight is 351 g/mol. The monoisotopic (exact) mass is 350 g/mol. The minimum Gasteiger partial charge on any atom is -0.485 e. The van der Waals surface area contributed by atoms with Crippen molar-refractivity contribution < 1.29 is 9.53 Å². The molecule has 5 heteroatoms. The molecule has 2 rings (SSSR count). The normalized spacial score (nSPS) is 21.1. The highest BCUT2D eigenvalue weighted by molar-refractivity contribution is 8.03. The molecule has 134 valence electrons. The molecule has 0 fully saturated rings. The summed E-state index contributed by atoms with van der Waals surface area (Å²) in [4.78, 5) is 16.7. The highest BCUT2D eigenvalue weighted by atomic mass is 32.2. The molecule has 24 heavy (non-hydrogen) atoms. The summed E-state index contributed by atoms with van der Waals surface area (Å²) in [5, 5.41) is 1.83. The smallest absolute Gasteiger partial charge is 0.210 e. The Kier molecular flexibility index (Phi) is 6.99. The van der Waals surface area contributed by atoms with Gasteiger partial charge in [0.2, 0.25) is 5.78 Å². The largest absolute Gasteiger partial charge is 0.485 e. The van der Waals surface area contributed by atoms with E-state index in [1.807, 2.05) is 12.3 Å². The Morgan fingerprint density at radius 1 is 1.33 bits per heavy atom. The minimum atomic E-state index is -0.00349. The number of ketones is 1. The zero-order valence-electron chi connectivity index (χ0n) is 15.5. The molecule has 0 spiro atoms. The van der Waals surface area contributed by atoms with Crippen LogP contribution in [0.4, 0.5) is 0 Å². The summed E-state index contributed by atoms with van der Waals surface area (Å²) >= 11 is 1.53. The molecule has 0 aliphatic carbocycles. The molecule has 0 bridgehead atoms. The minimum absolute atomic E-state index is 0.00349. The van der Waals surface area contributed by atoms with Crippen LogP contribution >= 0.6 is 11.8 Å². The van der Waals surface area contributed by atoms with Crippen LogP contribution in [0.1, 0.15) is 34.6 Å². The maximum Gasteiger partial charge on any atom is 0.210 e. The fourth-order valence-electron chi connectivity index (χ4n) is 2.94. The molecule has 2 heterocycles. The van der Waals surface area contributed by atoms with Gasteiger partial charge in [0, 0.05) is 37.1 Å². The van der Waals surface area contributed by atoms with E-state index in [1.165, 1.54) is 11.8 Å². The summed E-state index contributed by atoms with van der Waals surface area (Å²) in [5.74, 6) is 0.609. The van der Waals surface area contributed by atoms with E-state index in [9.17, 15) is 4.79 Å². The third-order valence-electron chi connectivity index (χ3n) is 4.45. The summed E-state index contributed by atoms with van der Waals surface area (Å²) in [6, 6.07) is 1.13. The Hall–Kier alpha value is -1.20. The number of Topliss-reactive ketones (excluding diaryl/α,β-unsaturated/α-hetero) is 1. The van der Waals surface area contributed by atoms with Crippen LogP contribution in [0.2, 0.25) is 0 Å². The van der Waals surface area contributed by atoms with Crippen molar-refractivity contribution in [2.45, 2.75) is 52.0 Å². The summed E-state index contributed by atoms with van der Waals surface area (Å²) < 4.78 is 5.67. The van der Waals surface area contributed by atoms with Crippen LogP contribution in [0.3, 0.4) is 0 Å². The second-order valence-corrected chi connectivity index (χ2v) is 8.14. The first-order valence-corrected chi connectivity index (χ1v) is 9.72. The van der Waals surface area contributed by atoms with Gasteiger partial charge in [0.1, 0.15) is 6.61 Å². The first kappa shape index (κ1) is 19.1. The Morgan fingerprint density at radius 2 is 2.04 bits per heavy atom. The van der Waals surface area contributed by atoms with Crippen LogP contribution in [-0.4, -0.2) is 59.2 Å². The molecule has 1 unspecified atom stereocenters. The van der Waals surface area contributed by atoms with Crippen LogP contribution in [-0.2, 0) is 9.53 Å². The molecule has 0 amide bonds. The summed E-state index contributed by atoms with van der Waals surface area (Å²) in [5.41, 5.74) is 1.13. The average Bonchev–Trinajstić information content (AvgIpc) is 2.85. The zero-order valence-corrected chi connectivity index (χ0v) is 16.3. The molecule has 0 aromatic heterocycles. The van der Waals surface area contributed by atoms with Gasteiger partial charge in [-0.05, 0) is 52.5 Å². The van der Waals surface area contributed by atoms with Gasteiger partial charge in [-0.15, -0.1) is 11.8 Å². The van der Waals surface area contributed by atoms with E-state index in [0.29, 0.717) is 24.4 Å². The maximum absolute atomic E-state index is 11.8. The first-order valence-electron chi connectivity index (χ1n) is 8.78. The van der Waals surface area contributed by atoms with Gasteiger partial charge in [-0.1, -0.05) is 6.08 Å². The standard InChI is InChI=1S/C19H30N2O2S/c1-14(2)21(15(3)4)11-10-20-8-6-17(7-9-20)12-23-18-13-24-16(5)19(18)22/h6-8,13-16H,9-12H2,1-5H3. The number of carbonyl (C=O) groups is 1. The van der Waals surface area contributed by atoms with E-state index >= 15 is 0 Å². The number of hydrogen-bond donors (Lipinski definition) is 0. The fourth-order valence-corrected chi connectivity index (χ4v) is 3.70. The van der Waals surface area contributed by atoms with Gasteiger partial charge in [-0.25, -0.2) is 0 Å². The number of ether oxygens (including phenoxy) is 1. The van der Waals surface area contributed by atoms with Crippen molar-refractivity contribution in [2.75, 3.05) is 26.2 Å². The van der Waals surface area contributed by atoms with Gasteiger partial charge in [0.05, 0.1) is 5.25 Å².